The summed E-state index contributed by atoms with van der Waals surface area (Å²) in [5.41, 5.74) is 6.72. The number of rotatable bonds is 4. The van der Waals surface area contributed by atoms with Gasteiger partial charge in [0.05, 0.1) is 0 Å². The number of hydrogen-bond acceptors (Lipinski definition) is 3. The van der Waals surface area contributed by atoms with E-state index in [0.717, 1.165) is 12.2 Å². The van der Waals surface area contributed by atoms with E-state index >= 15 is 0 Å². The Morgan fingerprint density at radius 2 is 2.07 bits per heavy atom. The molecular formula is C11H17FN2S. The lowest BCUT2D eigenvalue weighted by Crippen LogP contribution is -2.25. The molecule has 0 heterocycles. The average Bonchev–Trinajstić information content (AvgIpc) is 2.14. The summed E-state index contributed by atoms with van der Waals surface area (Å²) in [6, 6.07) is 4.50. The zero-order valence-corrected chi connectivity index (χ0v) is 10.1. The van der Waals surface area contributed by atoms with E-state index in [9.17, 15) is 4.39 Å². The van der Waals surface area contributed by atoms with Crippen molar-refractivity contribution in [3.8, 4) is 0 Å². The first kappa shape index (κ1) is 12.2. The summed E-state index contributed by atoms with van der Waals surface area (Å²) in [7, 11) is 0. The minimum atomic E-state index is -0.306. The summed E-state index contributed by atoms with van der Waals surface area (Å²) in [4.78, 5) is 0. The third-order valence-electron chi connectivity index (χ3n) is 2.19. The summed E-state index contributed by atoms with van der Waals surface area (Å²) in [6.07, 6.45) is 2.06. The van der Waals surface area contributed by atoms with Gasteiger partial charge in [-0.15, -0.1) is 0 Å². The molecule has 2 nitrogen and oxygen atoms in total. The van der Waals surface area contributed by atoms with E-state index in [4.69, 9.17) is 5.73 Å². The first-order valence-corrected chi connectivity index (χ1v) is 6.00. The molecule has 0 spiro atoms. The molecule has 0 aliphatic rings. The monoisotopic (exact) mass is 228 g/mol. The number of nitrogens with two attached hydrogens (primary N) is 1. The molecule has 0 bridgehead atoms. The van der Waals surface area contributed by atoms with Gasteiger partial charge in [0.1, 0.15) is 5.82 Å². The highest BCUT2D eigenvalue weighted by Gasteiger charge is 2.15. The molecule has 1 rings (SSSR count). The molecule has 1 aromatic rings. The van der Waals surface area contributed by atoms with E-state index in [-0.39, 0.29) is 10.6 Å². The zero-order chi connectivity index (χ0) is 11.5. The van der Waals surface area contributed by atoms with Crippen LogP contribution in [-0.2, 0) is 0 Å². The number of anilines is 2. The summed E-state index contributed by atoms with van der Waals surface area (Å²) >= 11 is 1.77. The lowest BCUT2D eigenvalue weighted by atomic mass is 10.2. The molecule has 1 aromatic carbocycles. The molecule has 15 heavy (non-hydrogen) atoms. The lowest BCUT2D eigenvalue weighted by molar-refractivity contribution is 0.628. The van der Waals surface area contributed by atoms with E-state index in [2.05, 4.69) is 25.4 Å². The second-order valence-electron chi connectivity index (χ2n) is 4.09. The van der Waals surface area contributed by atoms with Crippen LogP contribution in [0.4, 0.5) is 15.8 Å². The summed E-state index contributed by atoms with van der Waals surface area (Å²) in [5, 5.41) is 3.18. The Hall–Kier alpha value is -0.900. The van der Waals surface area contributed by atoms with Crippen LogP contribution in [0.15, 0.2) is 18.2 Å². The molecule has 0 atom stereocenters. The average molecular weight is 228 g/mol. The number of nitrogens with one attached hydrogen (secondary N) is 1. The zero-order valence-electron chi connectivity index (χ0n) is 9.30. The smallest absolute Gasteiger partial charge is 0.127 e. The fourth-order valence-electron chi connectivity index (χ4n) is 1.10. The molecule has 0 unspecified atom stereocenters. The van der Waals surface area contributed by atoms with Crippen molar-refractivity contribution in [3.63, 3.8) is 0 Å². The number of benzene rings is 1. The highest BCUT2D eigenvalue weighted by Crippen LogP contribution is 2.22. The van der Waals surface area contributed by atoms with Gasteiger partial charge in [-0.05, 0) is 38.3 Å². The van der Waals surface area contributed by atoms with Crippen molar-refractivity contribution in [3.05, 3.63) is 24.0 Å². The van der Waals surface area contributed by atoms with E-state index in [1.807, 2.05) is 0 Å². The Bertz CT molecular complexity index is 319. The van der Waals surface area contributed by atoms with Gasteiger partial charge in [-0.2, -0.15) is 11.8 Å². The summed E-state index contributed by atoms with van der Waals surface area (Å²) in [6.45, 7) is 5.04. The molecule has 0 aliphatic heterocycles. The quantitative estimate of drug-likeness (QED) is 0.778. The van der Waals surface area contributed by atoms with Crippen molar-refractivity contribution in [1.82, 2.24) is 0 Å². The van der Waals surface area contributed by atoms with E-state index in [0.29, 0.717) is 5.69 Å². The predicted molar refractivity (Wildman–Crippen MR) is 66.9 cm³/mol. The number of hydrogen-bond donors (Lipinski definition) is 2. The van der Waals surface area contributed by atoms with Crippen LogP contribution >= 0.6 is 11.8 Å². The maximum Gasteiger partial charge on any atom is 0.127 e. The Labute approximate surface area is 94.4 Å². The van der Waals surface area contributed by atoms with Gasteiger partial charge >= 0.3 is 0 Å². The van der Waals surface area contributed by atoms with Crippen LogP contribution in [0.25, 0.3) is 0 Å². The Morgan fingerprint density at radius 3 is 2.60 bits per heavy atom. The van der Waals surface area contributed by atoms with Crippen LogP contribution in [0.2, 0.25) is 0 Å². The summed E-state index contributed by atoms with van der Waals surface area (Å²) in [5.74, 6) is -0.306. The molecule has 84 valence electrons. The van der Waals surface area contributed by atoms with Gasteiger partial charge in [0.25, 0.3) is 0 Å². The van der Waals surface area contributed by atoms with Gasteiger partial charge in [-0.1, -0.05) is 0 Å². The second kappa shape index (κ2) is 4.75. The highest BCUT2D eigenvalue weighted by atomic mass is 32.2. The minimum Gasteiger partial charge on any atom is -0.399 e. The van der Waals surface area contributed by atoms with Crippen molar-refractivity contribution in [2.75, 3.05) is 23.9 Å². The molecule has 4 heteroatoms. The van der Waals surface area contributed by atoms with Crippen molar-refractivity contribution < 1.29 is 4.39 Å². The predicted octanol–water partition coefficient (Wildman–Crippen LogP) is 2.96. The van der Waals surface area contributed by atoms with Crippen LogP contribution in [0.1, 0.15) is 13.8 Å². The van der Waals surface area contributed by atoms with Gasteiger partial charge in [0.2, 0.25) is 0 Å². The summed E-state index contributed by atoms with van der Waals surface area (Å²) < 4.78 is 13.1. The first-order valence-electron chi connectivity index (χ1n) is 4.78. The van der Waals surface area contributed by atoms with Crippen molar-refractivity contribution in [1.29, 1.82) is 0 Å². The molecule has 0 saturated carbocycles. The third kappa shape index (κ3) is 4.00. The van der Waals surface area contributed by atoms with E-state index in [1.165, 1.54) is 12.1 Å². The fraction of sp³-hybridized carbons (Fsp3) is 0.455. The molecular weight excluding hydrogens is 211 g/mol. The van der Waals surface area contributed by atoms with Crippen LogP contribution in [-0.4, -0.2) is 17.5 Å². The molecule has 0 saturated heterocycles. The fourth-order valence-corrected chi connectivity index (χ4v) is 1.32. The lowest BCUT2D eigenvalue weighted by Gasteiger charge is -2.23. The van der Waals surface area contributed by atoms with Gasteiger partial charge in [0, 0.05) is 22.7 Å². The van der Waals surface area contributed by atoms with Crippen LogP contribution in [0.3, 0.4) is 0 Å². The number of halogens is 1. The topological polar surface area (TPSA) is 38.0 Å². The van der Waals surface area contributed by atoms with Crippen molar-refractivity contribution in [2.24, 2.45) is 0 Å². The Morgan fingerprint density at radius 1 is 1.40 bits per heavy atom. The van der Waals surface area contributed by atoms with E-state index < -0.39 is 0 Å². The van der Waals surface area contributed by atoms with Crippen molar-refractivity contribution >= 4 is 23.1 Å². The molecule has 0 aliphatic carbocycles. The third-order valence-corrected chi connectivity index (χ3v) is 3.44. The first-order chi connectivity index (χ1) is 6.93. The molecule has 0 radical (unpaired) electrons. The standard InChI is InChI=1S/C11H17FN2S/c1-11(2,15-3)7-14-10-5-8(12)4-9(13)6-10/h4-6,14H,7,13H2,1-3H3. The number of thioether (sulfide) groups is 1. The van der Waals surface area contributed by atoms with Crippen LogP contribution in [0.5, 0.6) is 0 Å². The largest absolute Gasteiger partial charge is 0.399 e. The van der Waals surface area contributed by atoms with E-state index in [1.54, 1.807) is 17.8 Å². The second-order valence-corrected chi connectivity index (χ2v) is 5.60. The van der Waals surface area contributed by atoms with Crippen LogP contribution in [0, 0.1) is 5.82 Å². The van der Waals surface area contributed by atoms with Gasteiger partial charge in [-0.25, -0.2) is 4.39 Å². The van der Waals surface area contributed by atoms with Gasteiger partial charge in [-0.3, -0.25) is 0 Å². The number of nitrogen functional groups attached to an aromatic ring is 1. The van der Waals surface area contributed by atoms with Crippen molar-refractivity contribution in [2.45, 2.75) is 18.6 Å². The Balaban J connectivity index is 2.65. The maximum absolute atomic E-state index is 13.0. The molecule has 0 amide bonds. The SMILES string of the molecule is CSC(C)(C)CNc1cc(N)cc(F)c1. The molecule has 0 fully saturated rings. The highest BCUT2D eigenvalue weighted by molar-refractivity contribution is 7.99. The minimum absolute atomic E-state index is 0.126. The molecule has 0 aromatic heterocycles. The normalized spacial score (nSPS) is 11.5. The van der Waals surface area contributed by atoms with Gasteiger partial charge in [0.15, 0.2) is 0 Å². The molecule has 3 N–H and O–H groups in total. The Kier molecular flexibility index (Phi) is 3.85. The van der Waals surface area contributed by atoms with Gasteiger partial charge < -0.3 is 11.1 Å². The maximum atomic E-state index is 13.0. The van der Waals surface area contributed by atoms with Crippen LogP contribution < -0.4 is 11.1 Å².